The van der Waals surface area contributed by atoms with E-state index in [2.05, 4.69) is 26.0 Å². The number of carbonyl (C=O) groups excluding carboxylic acids is 1. The number of alkyl halides is 3. The summed E-state index contributed by atoms with van der Waals surface area (Å²) in [6, 6.07) is 11.0. The highest BCUT2D eigenvalue weighted by Gasteiger charge is 2.33. The predicted molar refractivity (Wildman–Crippen MR) is 90.5 cm³/mol. The first kappa shape index (κ1) is 17.6. The summed E-state index contributed by atoms with van der Waals surface area (Å²) in [5, 5.41) is 3.22. The lowest BCUT2D eigenvalue weighted by atomic mass is 10.1. The van der Waals surface area contributed by atoms with Crippen LogP contribution in [0.1, 0.15) is 15.9 Å². The van der Waals surface area contributed by atoms with Crippen LogP contribution in [-0.2, 0) is 6.54 Å². The van der Waals surface area contributed by atoms with Crippen molar-refractivity contribution in [3.8, 4) is 5.75 Å². The first-order chi connectivity index (χ1) is 11.8. The van der Waals surface area contributed by atoms with Gasteiger partial charge in [0.1, 0.15) is 5.75 Å². The van der Waals surface area contributed by atoms with E-state index in [1.807, 2.05) is 18.2 Å². The number of nitrogens with one attached hydrogen (secondary N) is 1. The van der Waals surface area contributed by atoms with E-state index in [0.29, 0.717) is 19.6 Å². The highest BCUT2D eigenvalue weighted by molar-refractivity contribution is 9.10. The molecule has 0 fully saturated rings. The molecule has 1 N–H and O–H groups in total. The summed E-state index contributed by atoms with van der Waals surface area (Å²) in [7, 11) is 0. The van der Waals surface area contributed by atoms with E-state index in [-0.39, 0.29) is 5.56 Å². The smallest absolute Gasteiger partial charge is 0.405 e. The van der Waals surface area contributed by atoms with Crippen LogP contribution in [0.3, 0.4) is 0 Å². The van der Waals surface area contributed by atoms with Gasteiger partial charge in [0.2, 0.25) is 0 Å². The van der Waals surface area contributed by atoms with Crippen LogP contribution in [0.4, 0.5) is 18.9 Å². The molecule has 0 bridgehead atoms. The summed E-state index contributed by atoms with van der Waals surface area (Å²) < 4.78 is 42.6. The molecule has 25 heavy (non-hydrogen) atoms. The third kappa shape index (κ3) is 4.25. The minimum absolute atomic E-state index is 0.113. The molecule has 3 rings (SSSR count). The molecule has 2 aromatic carbocycles. The van der Waals surface area contributed by atoms with E-state index < -0.39 is 18.0 Å². The number of para-hydroxylation sites is 1. The Morgan fingerprint density at radius 1 is 1.20 bits per heavy atom. The fraction of sp³-hybridized carbons (Fsp3) is 0.235. The molecule has 0 unspecified atom stereocenters. The number of ether oxygens (including phenoxy) is 1. The lowest BCUT2D eigenvalue weighted by molar-refractivity contribution is -0.274. The van der Waals surface area contributed by atoms with Crippen molar-refractivity contribution < 1.29 is 22.7 Å². The van der Waals surface area contributed by atoms with E-state index in [1.165, 1.54) is 23.1 Å². The van der Waals surface area contributed by atoms with E-state index in [4.69, 9.17) is 0 Å². The zero-order valence-corrected chi connectivity index (χ0v) is 14.5. The van der Waals surface area contributed by atoms with Gasteiger partial charge in [0.15, 0.2) is 0 Å². The fourth-order valence-electron chi connectivity index (χ4n) is 2.68. The van der Waals surface area contributed by atoms with Gasteiger partial charge < -0.3 is 15.0 Å². The van der Waals surface area contributed by atoms with Crippen LogP contribution < -0.4 is 10.1 Å². The van der Waals surface area contributed by atoms with E-state index in [9.17, 15) is 18.0 Å². The van der Waals surface area contributed by atoms with E-state index >= 15 is 0 Å². The molecule has 0 aromatic heterocycles. The molecule has 1 heterocycles. The van der Waals surface area contributed by atoms with Gasteiger partial charge in [-0.1, -0.05) is 28.1 Å². The van der Waals surface area contributed by atoms with Gasteiger partial charge in [0, 0.05) is 29.8 Å². The molecule has 132 valence electrons. The number of hydrogen-bond acceptors (Lipinski definition) is 3. The summed E-state index contributed by atoms with van der Waals surface area (Å²) in [5.74, 6) is -0.999. The number of fused-ring (bicyclic) bond motifs is 1. The van der Waals surface area contributed by atoms with Crippen LogP contribution in [0.15, 0.2) is 46.9 Å². The van der Waals surface area contributed by atoms with Gasteiger partial charge in [-0.05, 0) is 35.9 Å². The van der Waals surface area contributed by atoms with Gasteiger partial charge in [-0.25, -0.2) is 0 Å². The molecule has 0 saturated carbocycles. The molecule has 0 spiro atoms. The zero-order chi connectivity index (χ0) is 18.0. The lowest BCUT2D eigenvalue weighted by Gasteiger charge is -2.22. The quantitative estimate of drug-likeness (QED) is 0.790. The Bertz CT molecular complexity index is 796. The third-order valence-electron chi connectivity index (χ3n) is 3.76. The zero-order valence-electron chi connectivity index (χ0n) is 12.9. The highest BCUT2D eigenvalue weighted by Crippen LogP contribution is 2.29. The summed E-state index contributed by atoms with van der Waals surface area (Å²) in [6.07, 6.45) is -4.85. The van der Waals surface area contributed by atoms with Gasteiger partial charge >= 0.3 is 6.36 Å². The summed E-state index contributed by atoms with van der Waals surface area (Å²) >= 11 is 3.39. The second-order valence-corrected chi connectivity index (χ2v) is 6.41. The van der Waals surface area contributed by atoms with Crippen LogP contribution in [0, 0.1) is 0 Å². The van der Waals surface area contributed by atoms with Crippen LogP contribution in [0.25, 0.3) is 0 Å². The molecule has 4 nitrogen and oxygen atoms in total. The van der Waals surface area contributed by atoms with Crippen LogP contribution in [0.2, 0.25) is 0 Å². The average Bonchev–Trinajstić information content (AvgIpc) is 2.75. The van der Waals surface area contributed by atoms with Gasteiger partial charge in [-0.2, -0.15) is 0 Å². The molecule has 2 aromatic rings. The van der Waals surface area contributed by atoms with E-state index in [0.717, 1.165) is 21.8 Å². The lowest BCUT2D eigenvalue weighted by Crippen LogP contribution is -2.33. The monoisotopic (exact) mass is 414 g/mol. The topological polar surface area (TPSA) is 41.6 Å². The van der Waals surface area contributed by atoms with E-state index in [1.54, 1.807) is 0 Å². The maximum atomic E-state index is 12.8. The Kier molecular flexibility index (Phi) is 4.89. The van der Waals surface area contributed by atoms with Crippen molar-refractivity contribution in [3.05, 3.63) is 58.1 Å². The molecule has 1 amide bonds. The number of rotatable bonds is 2. The van der Waals surface area contributed by atoms with Crippen molar-refractivity contribution in [1.82, 2.24) is 4.90 Å². The number of carbonyl (C=O) groups is 1. The SMILES string of the molecule is O=C(c1ccccc1OC(F)(F)F)N1CCNc2ccc(Br)cc2C1. The normalized spacial score (nSPS) is 14.3. The average molecular weight is 415 g/mol. The Morgan fingerprint density at radius 3 is 2.72 bits per heavy atom. The van der Waals surface area contributed by atoms with Gasteiger partial charge in [0.05, 0.1) is 5.56 Å². The predicted octanol–water partition coefficient (Wildman–Crippen LogP) is 4.42. The third-order valence-corrected chi connectivity index (χ3v) is 4.25. The van der Waals surface area contributed by atoms with Gasteiger partial charge in [-0.15, -0.1) is 13.2 Å². The number of nitrogens with zero attached hydrogens (tertiary/aromatic N) is 1. The largest absolute Gasteiger partial charge is 0.573 e. The van der Waals surface area contributed by atoms with Crippen molar-refractivity contribution in [2.45, 2.75) is 12.9 Å². The second kappa shape index (κ2) is 6.95. The Hall–Kier alpha value is -2.22. The molecular weight excluding hydrogens is 401 g/mol. The minimum atomic E-state index is -4.85. The molecule has 8 heteroatoms. The first-order valence-corrected chi connectivity index (χ1v) is 8.29. The molecule has 0 atom stereocenters. The molecule has 0 radical (unpaired) electrons. The molecule has 0 saturated heterocycles. The van der Waals surface area contributed by atoms with Crippen LogP contribution >= 0.6 is 15.9 Å². The molecular formula is C17H14BrF3N2O2. The fourth-order valence-corrected chi connectivity index (χ4v) is 3.08. The number of hydrogen-bond donors (Lipinski definition) is 1. The Labute approximate surface area is 150 Å². The number of anilines is 1. The van der Waals surface area contributed by atoms with Crippen molar-refractivity contribution in [2.75, 3.05) is 18.4 Å². The summed E-state index contributed by atoms with van der Waals surface area (Å²) in [4.78, 5) is 14.3. The summed E-state index contributed by atoms with van der Waals surface area (Å²) in [6.45, 7) is 1.16. The van der Waals surface area contributed by atoms with Crippen molar-refractivity contribution in [1.29, 1.82) is 0 Å². The molecule has 1 aliphatic rings. The Balaban J connectivity index is 1.89. The number of amides is 1. The van der Waals surface area contributed by atoms with Crippen molar-refractivity contribution >= 4 is 27.5 Å². The van der Waals surface area contributed by atoms with Crippen LogP contribution in [0.5, 0.6) is 5.75 Å². The number of halogens is 4. The van der Waals surface area contributed by atoms with Gasteiger partial charge in [-0.3, -0.25) is 4.79 Å². The Morgan fingerprint density at radius 2 is 1.96 bits per heavy atom. The molecule has 0 aliphatic carbocycles. The number of benzene rings is 2. The van der Waals surface area contributed by atoms with Crippen LogP contribution in [-0.4, -0.2) is 30.3 Å². The summed E-state index contributed by atoms with van der Waals surface area (Å²) in [5.41, 5.74) is 1.67. The standard InChI is InChI=1S/C17H14BrF3N2O2/c18-12-5-6-14-11(9-12)10-23(8-7-22-14)16(24)13-3-1-2-4-15(13)25-17(19,20)21/h1-6,9,22H,7-8,10H2. The first-order valence-electron chi connectivity index (χ1n) is 7.50. The van der Waals surface area contributed by atoms with Gasteiger partial charge in [0.25, 0.3) is 5.91 Å². The highest BCUT2D eigenvalue weighted by atomic mass is 79.9. The minimum Gasteiger partial charge on any atom is -0.405 e. The molecule has 1 aliphatic heterocycles. The van der Waals surface area contributed by atoms with Crippen molar-refractivity contribution in [2.24, 2.45) is 0 Å². The second-order valence-electron chi connectivity index (χ2n) is 5.50. The van der Waals surface area contributed by atoms with Crippen molar-refractivity contribution in [3.63, 3.8) is 0 Å². The maximum Gasteiger partial charge on any atom is 0.573 e. The maximum absolute atomic E-state index is 12.8.